The van der Waals surface area contributed by atoms with E-state index in [9.17, 15) is 4.79 Å². The average molecular weight is 159 g/mol. The van der Waals surface area contributed by atoms with Gasteiger partial charge in [0.05, 0.1) is 21.1 Å². The first-order valence-corrected chi connectivity index (χ1v) is 4.03. The first-order valence-electron chi connectivity index (χ1n) is 4.03. The number of quaternary nitrogens is 1. The Morgan fingerprint density at radius 3 is 2.27 bits per heavy atom. The number of carbonyl (C=O) groups excluding carboxylic acids is 1. The molecule has 0 heterocycles. The number of rotatable bonds is 4. The highest BCUT2D eigenvalue weighted by Gasteiger charge is 2.12. The topological polar surface area (TPSA) is 29.1 Å². The van der Waals surface area contributed by atoms with E-state index >= 15 is 0 Å². The van der Waals surface area contributed by atoms with Crippen molar-refractivity contribution in [1.82, 2.24) is 5.32 Å². The first-order chi connectivity index (χ1) is 4.95. The first kappa shape index (κ1) is 10.4. The molecule has 0 fully saturated rings. The van der Waals surface area contributed by atoms with Gasteiger partial charge < -0.3 is 9.80 Å². The average Bonchev–Trinajstić information content (AvgIpc) is 1.79. The Hall–Kier alpha value is -0.570. The number of likely N-dealkylation sites (N-methyl/N-ethyl adjacent to an activating group) is 1. The molecule has 0 radical (unpaired) electrons. The number of amides is 1. The monoisotopic (exact) mass is 159 g/mol. The number of hydrogen-bond acceptors (Lipinski definition) is 1. The number of nitrogens with zero attached hydrogens (tertiary/aromatic N) is 1. The zero-order valence-corrected chi connectivity index (χ0v) is 7.98. The molecule has 0 aliphatic carbocycles. The summed E-state index contributed by atoms with van der Waals surface area (Å²) >= 11 is 0. The van der Waals surface area contributed by atoms with Gasteiger partial charge in [0.15, 0.2) is 6.54 Å². The molecule has 0 atom stereocenters. The molecule has 1 amide bonds. The van der Waals surface area contributed by atoms with Crippen molar-refractivity contribution in [2.75, 3.05) is 34.2 Å². The minimum absolute atomic E-state index is 0.138. The second kappa shape index (κ2) is 4.34. The third-order valence-electron chi connectivity index (χ3n) is 1.19. The highest BCUT2D eigenvalue weighted by molar-refractivity contribution is 5.76. The molecule has 1 N–H and O–H groups in total. The van der Waals surface area contributed by atoms with E-state index in [1.54, 1.807) is 0 Å². The van der Waals surface area contributed by atoms with E-state index in [-0.39, 0.29) is 5.91 Å². The Labute approximate surface area is 69.0 Å². The quantitative estimate of drug-likeness (QED) is 0.584. The maximum atomic E-state index is 11.1. The van der Waals surface area contributed by atoms with Crippen LogP contribution in [0, 0.1) is 0 Å². The molecule has 0 bridgehead atoms. The van der Waals surface area contributed by atoms with Crippen LogP contribution >= 0.6 is 0 Å². The van der Waals surface area contributed by atoms with Crippen LogP contribution in [0.4, 0.5) is 0 Å². The van der Waals surface area contributed by atoms with Crippen molar-refractivity contribution >= 4 is 5.91 Å². The van der Waals surface area contributed by atoms with Gasteiger partial charge in [-0.05, 0) is 6.42 Å². The fourth-order valence-corrected chi connectivity index (χ4v) is 0.751. The summed E-state index contributed by atoms with van der Waals surface area (Å²) in [4.78, 5) is 11.1. The van der Waals surface area contributed by atoms with E-state index in [0.29, 0.717) is 11.0 Å². The molecule has 0 saturated heterocycles. The SMILES string of the molecule is CCCNC(=O)C[N+](C)(C)C. The van der Waals surface area contributed by atoms with Crippen molar-refractivity contribution in [3.05, 3.63) is 0 Å². The molecular formula is C8H19N2O+. The zero-order valence-electron chi connectivity index (χ0n) is 7.98. The van der Waals surface area contributed by atoms with E-state index < -0.39 is 0 Å². The molecule has 0 spiro atoms. The Morgan fingerprint density at radius 1 is 1.36 bits per heavy atom. The maximum Gasteiger partial charge on any atom is 0.275 e. The normalized spacial score (nSPS) is 11.3. The van der Waals surface area contributed by atoms with Crippen LogP contribution < -0.4 is 5.32 Å². The molecule has 0 rings (SSSR count). The lowest BCUT2D eigenvalue weighted by atomic mass is 10.4. The van der Waals surface area contributed by atoms with E-state index in [0.717, 1.165) is 13.0 Å². The lowest BCUT2D eigenvalue weighted by Gasteiger charge is -2.22. The van der Waals surface area contributed by atoms with Crippen LogP contribution in [0.5, 0.6) is 0 Å². The van der Waals surface area contributed by atoms with Crippen molar-refractivity contribution < 1.29 is 9.28 Å². The number of hydrogen-bond donors (Lipinski definition) is 1. The second-order valence-electron chi connectivity index (χ2n) is 3.80. The summed E-state index contributed by atoms with van der Waals surface area (Å²) < 4.78 is 0.690. The van der Waals surface area contributed by atoms with Gasteiger partial charge in [-0.25, -0.2) is 0 Å². The summed E-state index contributed by atoms with van der Waals surface area (Å²) in [7, 11) is 6.02. The Morgan fingerprint density at radius 2 is 1.91 bits per heavy atom. The molecule has 0 saturated carbocycles. The summed E-state index contributed by atoms with van der Waals surface area (Å²) in [5, 5.41) is 2.83. The molecule has 0 aromatic heterocycles. The van der Waals surface area contributed by atoms with Gasteiger partial charge in [-0.3, -0.25) is 4.79 Å². The van der Waals surface area contributed by atoms with Crippen LogP contribution in [0.2, 0.25) is 0 Å². The van der Waals surface area contributed by atoms with Gasteiger partial charge in [0.2, 0.25) is 0 Å². The van der Waals surface area contributed by atoms with Crippen molar-refractivity contribution in [1.29, 1.82) is 0 Å². The van der Waals surface area contributed by atoms with E-state index in [4.69, 9.17) is 0 Å². The van der Waals surface area contributed by atoms with Gasteiger partial charge in [-0.1, -0.05) is 6.92 Å². The smallest absolute Gasteiger partial charge is 0.275 e. The molecule has 0 unspecified atom stereocenters. The molecule has 3 nitrogen and oxygen atoms in total. The minimum atomic E-state index is 0.138. The largest absolute Gasteiger partial charge is 0.351 e. The van der Waals surface area contributed by atoms with Gasteiger partial charge in [-0.15, -0.1) is 0 Å². The van der Waals surface area contributed by atoms with Crippen LogP contribution in [0.1, 0.15) is 13.3 Å². The van der Waals surface area contributed by atoms with E-state index in [1.165, 1.54) is 0 Å². The van der Waals surface area contributed by atoms with Gasteiger partial charge in [-0.2, -0.15) is 0 Å². The molecule has 66 valence electrons. The predicted molar refractivity (Wildman–Crippen MR) is 46.2 cm³/mol. The van der Waals surface area contributed by atoms with Crippen molar-refractivity contribution in [2.45, 2.75) is 13.3 Å². The lowest BCUT2D eigenvalue weighted by molar-refractivity contribution is -0.862. The highest BCUT2D eigenvalue weighted by atomic mass is 16.2. The summed E-state index contributed by atoms with van der Waals surface area (Å²) in [5.41, 5.74) is 0. The summed E-state index contributed by atoms with van der Waals surface area (Å²) in [6, 6.07) is 0. The zero-order chi connectivity index (χ0) is 8.91. The molecule has 0 aliphatic rings. The Balaban J connectivity index is 3.53. The minimum Gasteiger partial charge on any atom is -0.351 e. The Bertz CT molecular complexity index is 127. The van der Waals surface area contributed by atoms with Gasteiger partial charge in [0.25, 0.3) is 5.91 Å². The molecule has 11 heavy (non-hydrogen) atoms. The van der Waals surface area contributed by atoms with Crippen LogP contribution in [-0.2, 0) is 4.79 Å². The molecule has 0 aromatic carbocycles. The molecule has 0 aromatic rings. The van der Waals surface area contributed by atoms with Crippen LogP contribution in [0.25, 0.3) is 0 Å². The van der Waals surface area contributed by atoms with Crippen LogP contribution in [0.3, 0.4) is 0 Å². The maximum absolute atomic E-state index is 11.1. The van der Waals surface area contributed by atoms with E-state index in [2.05, 4.69) is 5.32 Å². The summed E-state index contributed by atoms with van der Waals surface area (Å²) in [6.45, 7) is 3.39. The fraction of sp³-hybridized carbons (Fsp3) is 0.875. The van der Waals surface area contributed by atoms with Crippen molar-refractivity contribution in [3.63, 3.8) is 0 Å². The fourth-order valence-electron chi connectivity index (χ4n) is 0.751. The van der Waals surface area contributed by atoms with Gasteiger partial charge >= 0.3 is 0 Å². The van der Waals surface area contributed by atoms with E-state index in [1.807, 2.05) is 28.1 Å². The molecular weight excluding hydrogens is 140 g/mol. The second-order valence-corrected chi connectivity index (χ2v) is 3.80. The number of nitrogens with one attached hydrogen (secondary N) is 1. The van der Waals surface area contributed by atoms with Crippen LogP contribution in [-0.4, -0.2) is 44.6 Å². The van der Waals surface area contributed by atoms with Gasteiger partial charge in [0, 0.05) is 6.54 Å². The standard InChI is InChI=1S/C8H18N2O/c1-5-6-9-8(11)7-10(2,3)4/h5-7H2,1-4H3/p+1. The third-order valence-corrected chi connectivity index (χ3v) is 1.19. The summed E-state index contributed by atoms with van der Waals surface area (Å²) in [6.07, 6.45) is 1.00. The van der Waals surface area contributed by atoms with Gasteiger partial charge in [0.1, 0.15) is 0 Å². The third kappa shape index (κ3) is 7.33. The van der Waals surface area contributed by atoms with Crippen molar-refractivity contribution in [2.24, 2.45) is 0 Å². The lowest BCUT2D eigenvalue weighted by Crippen LogP contribution is -2.44. The van der Waals surface area contributed by atoms with Crippen molar-refractivity contribution in [3.8, 4) is 0 Å². The number of carbonyl (C=O) groups is 1. The highest BCUT2D eigenvalue weighted by Crippen LogP contribution is 1.87. The Kier molecular flexibility index (Phi) is 4.11. The predicted octanol–water partition coefficient (Wildman–Crippen LogP) is 0.219. The molecule has 0 aliphatic heterocycles. The summed E-state index contributed by atoms with van der Waals surface area (Å²) in [5.74, 6) is 0.138. The van der Waals surface area contributed by atoms with Crippen LogP contribution in [0.15, 0.2) is 0 Å². The molecule has 3 heteroatoms.